The standard InChI is InChI=1S/C48H32BN.C36H22BBr2N.C6H7BO2.CH4/c1-5-15-33(16-6-1)37-27-29-45-41(31-37)47-39(35-19-9-3-10-20-35)23-13-25-43(47)49-44-26-14-24-40(36-21-11-4-12-22-36)48(44)42-32-38(28-30-46(42)50(45)49)34-17-7-2-8-18-34;38-25-17-19-33-29(21-25)35-27(23-9-3-1-4-10-23)13-7-15-31(35)37-32-16-8-14-28(24-11-5-2-6-12-24)36(32)30-22-26(39)18-20-34(30)40(33)37;8-7(9)6-4-2-1-3-5-6;/h1-32H;1-22H;1-5,8-9H;1H4. The highest BCUT2D eigenvalue weighted by molar-refractivity contribution is 9.10. The molecule has 4 heterocycles. The summed E-state index contributed by atoms with van der Waals surface area (Å²) in [4.78, 5) is 5.17. The average molecular weight is 1410 g/mol. The molecule has 0 fully saturated rings. The van der Waals surface area contributed by atoms with Gasteiger partial charge in [0.15, 0.2) is 0 Å². The Hall–Kier alpha value is -11.0. The van der Waals surface area contributed by atoms with Crippen LogP contribution in [0, 0.1) is 0 Å². The molecule has 0 spiro atoms. The molecule has 9 heteroatoms. The van der Waals surface area contributed by atoms with Crippen molar-refractivity contribution in [2.45, 2.75) is 7.43 Å². The first-order valence-electron chi connectivity index (χ1n) is 33.6. The van der Waals surface area contributed by atoms with E-state index < -0.39 is 7.12 Å². The van der Waals surface area contributed by atoms with Crippen LogP contribution in [0.25, 0.3) is 111 Å². The van der Waals surface area contributed by atoms with Gasteiger partial charge in [0.2, 0.25) is 0 Å². The predicted molar refractivity (Wildman–Crippen MR) is 433 cm³/mol. The Bertz CT molecular complexity index is 5200. The van der Waals surface area contributed by atoms with Gasteiger partial charge in [-0.05, 0) is 177 Å². The molecule has 100 heavy (non-hydrogen) atoms. The molecule has 0 radical (unpaired) electrons. The summed E-state index contributed by atoms with van der Waals surface area (Å²) >= 11 is 7.58. The number of nitrogens with zero attached hydrogens (tertiary/aromatic N) is 2. The zero-order chi connectivity index (χ0) is 66.5. The van der Waals surface area contributed by atoms with Crippen LogP contribution >= 0.6 is 31.9 Å². The fourth-order valence-electron chi connectivity index (χ4n) is 15.5. The van der Waals surface area contributed by atoms with Crippen molar-refractivity contribution in [3.8, 4) is 111 Å². The Balaban J connectivity index is 0.000000140. The maximum Gasteiger partial charge on any atom is 0.488 e. The van der Waals surface area contributed by atoms with Crippen LogP contribution in [0.5, 0.6) is 0 Å². The molecule has 0 aromatic heterocycles. The monoisotopic (exact) mass is 1410 g/mol. The van der Waals surface area contributed by atoms with E-state index in [1.54, 1.807) is 24.3 Å². The molecule has 0 amide bonds. The second-order valence-corrected chi connectivity index (χ2v) is 27.2. The molecule has 0 aliphatic carbocycles. The molecule has 15 aromatic carbocycles. The first-order valence-corrected chi connectivity index (χ1v) is 35.1. The zero-order valence-electron chi connectivity index (χ0n) is 53.8. The van der Waals surface area contributed by atoms with Gasteiger partial charge in [-0.15, -0.1) is 0 Å². The minimum atomic E-state index is -1.34. The van der Waals surface area contributed by atoms with E-state index in [1.165, 1.54) is 156 Å². The van der Waals surface area contributed by atoms with Crippen LogP contribution in [0.15, 0.2) is 367 Å². The van der Waals surface area contributed by atoms with E-state index in [0.29, 0.717) is 5.46 Å². The maximum atomic E-state index is 8.58. The highest BCUT2D eigenvalue weighted by Crippen LogP contribution is 2.53. The normalized spacial score (nSPS) is 12.0. The SMILES string of the molecule is Brc1ccc2c(c1)-c1c(cccc1-c1ccccc1)B1c3cccc(-c4ccccc4)c3-c3cc(Br)ccc3N12.C.OB(O)c1ccccc1.c1ccc(-c2ccc3c(c2)-c2c(cccc2-c2ccccc2)B2c4cccc(-c5ccccc5)c4-c4cc(-c5ccccc5)ccc4N23)cc1. The molecule has 0 bridgehead atoms. The lowest BCUT2D eigenvalue weighted by molar-refractivity contribution is 0.426. The van der Waals surface area contributed by atoms with Crippen molar-refractivity contribution >= 4 is 103 Å². The van der Waals surface area contributed by atoms with Crippen molar-refractivity contribution in [2.75, 3.05) is 9.62 Å². The molecule has 0 unspecified atom stereocenters. The van der Waals surface area contributed by atoms with E-state index in [-0.39, 0.29) is 21.1 Å². The van der Waals surface area contributed by atoms with E-state index in [9.17, 15) is 0 Å². The fourth-order valence-corrected chi connectivity index (χ4v) is 16.2. The fraction of sp³-hybridized carbons (Fsp3) is 0.0110. The number of hydrogen-bond acceptors (Lipinski definition) is 4. The molecular weight excluding hydrogens is 1350 g/mol. The van der Waals surface area contributed by atoms with Crippen LogP contribution < -0.4 is 36.9 Å². The summed E-state index contributed by atoms with van der Waals surface area (Å²) in [6.45, 7) is 0.0390. The van der Waals surface area contributed by atoms with Gasteiger partial charge in [-0.2, -0.15) is 0 Å². The van der Waals surface area contributed by atoms with Crippen molar-refractivity contribution in [2.24, 2.45) is 0 Å². The van der Waals surface area contributed by atoms with E-state index in [1.807, 2.05) is 6.07 Å². The van der Waals surface area contributed by atoms with Crippen molar-refractivity contribution in [3.05, 3.63) is 367 Å². The predicted octanol–water partition coefficient (Wildman–Crippen LogP) is 20.7. The summed E-state index contributed by atoms with van der Waals surface area (Å²) in [5.41, 5.74) is 35.9. The Morgan fingerprint density at radius 1 is 0.230 bits per heavy atom. The van der Waals surface area contributed by atoms with E-state index >= 15 is 0 Å². The van der Waals surface area contributed by atoms with E-state index in [4.69, 9.17) is 10.0 Å². The van der Waals surface area contributed by atoms with Crippen LogP contribution in [-0.2, 0) is 0 Å². The highest BCUT2D eigenvalue weighted by atomic mass is 79.9. The summed E-state index contributed by atoms with van der Waals surface area (Å²) in [7, 11) is -1.34. The molecule has 2 N–H and O–H groups in total. The van der Waals surface area contributed by atoms with Gasteiger partial charge in [0.25, 0.3) is 0 Å². The van der Waals surface area contributed by atoms with Crippen LogP contribution in [0.2, 0.25) is 0 Å². The number of anilines is 4. The molecule has 15 aromatic rings. The third-order valence-electron chi connectivity index (χ3n) is 19.8. The summed E-state index contributed by atoms with van der Waals surface area (Å²) in [6, 6.07) is 129. The molecule has 0 atom stereocenters. The number of benzene rings is 15. The Morgan fingerprint density at radius 2 is 0.480 bits per heavy atom. The largest absolute Gasteiger partial charge is 0.488 e. The lowest BCUT2D eigenvalue weighted by atomic mass is 9.42. The van der Waals surface area contributed by atoms with Crippen molar-refractivity contribution in [3.63, 3.8) is 0 Å². The number of fused-ring (bicyclic) bond motifs is 22. The maximum absolute atomic E-state index is 8.58. The number of hydrogen-bond donors (Lipinski definition) is 2. The number of halogens is 2. The van der Waals surface area contributed by atoms with Gasteiger partial charge in [0, 0.05) is 53.9 Å². The van der Waals surface area contributed by atoms with Gasteiger partial charge in [-0.1, -0.05) is 337 Å². The quantitative estimate of drug-likeness (QED) is 0.156. The molecule has 474 valence electrons. The number of rotatable bonds is 7. The topological polar surface area (TPSA) is 46.9 Å². The van der Waals surface area contributed by atoms with Gasteiger partial charge < -0.3 is 19.7 Å². The summed E-state index contributed by atoms with van der Waals surface area (Å²) in [6.07, 6.45) is 0. The third kappa shape index (κ3) is 11.4. The van der Waals surface area contributed by atoms with Gasteiger partial charge in [-0.25, -0.2) is 0 Å². The molecular formula is C91H65B3Br2N2O2. The van der Waals surface area contributed by atoms with Crippen molar-refractivity contribution < 1.29 is 10.0 Å². The first kappa shape index (κ1) is 63.7. The van der Waals surface area contributed by atoms with Gasteiger partial charge in [0.05, 0.1) is 0 Å². The van der Waals surface area contributed by atoms with Gasteiger partial charge in [-0.3, -0.25) is 0 Å². The molecule has 0 saturated carbocycles. The summed E-state index contributed by atoms with van der Waals surface area (Å²) < 4.78 is 2.16. The zero-order valence-corrected chi connectivity index (χ0v) is 57.0. The van der Waals surface area contributed by atoms with E-state index in [0.717, 1.165) is 8.95 Å². The van der Waals surface area contributed by atoms with Crippen molar-refractivity contribution in [1.82, 2.24) is 0 Å². The third-order valence-corrected chi connectivity index (χ3v) is 20.7. The second kappa shape index (κ2) is 27.4. The van der Waals surface area contributed by atoms with Crippen LogP contribution in [0.1, 0.15) is 7.43 Å². The highest BCUT2D eigenvalue weighted by Gasteiger charge is 2.46. The molecule has 0 saturated heterocycles. The Kier molecular flexibility index (Phi) is 17.4. The Morgan fingerprint density at radius 3 is 0.750 bits per heavy atom. The van der Waals surface area contributed by atoms with Crippen molar-refractivity contribution in [1.29, 1.82) is 0 Å². The second-order valence-electron chi connectivity index (χ2n) is 25.4. The average Bonchev–Trinajstić information content (AvgIpc) is 0.704. The molecule has 4 aliphatic rings. The van der Waals surface area contributed by atoms with E-state index in [2.05, 4.69) is 369 Å². The molecule has 4 nitrogen and oxygen atoms in total. The lowest BCUT2D eigenvalue weighted by Crippen LogP contribution is -2.59. The van der Waals surface area contributed by atoms with Crippen LogP contribution in [0.3, 0.4) is 0 Å². The van der Waals surface area contributed by atoms with Crippen LogP contribution in [0.4, 0.5) is 22.7 Å². The van der Waals surface area contributed by atoms with Gasteiger partial charge >= 0.3 is 20.8 Å². The van der Waals surface area contributed by atoms with Gasteiger partial charge in [0.1, 0.15) is 0 Å². The lowest BCUT2D eigenvalue weighted by Gasteiger charge is -2.44. The Labute approximate surface area is 603 Å². The van der Waals surface area contributed by atoms with Crippen LogP contribution in [-0.4, -0.2) is 30.9 Å². The molecule has 19 rings (SSSR count). The molecule has 4 aliphatic heterocycles. The minimum Gasteiger partial charge on any atom is -0.423 e. The summed E-state index contributed by atoms with van der Waals surface area (Å²) in [5.74, 6) is 0. The first-order chi connectivity index (χ1) is 48.8. The minimum absolute atomic E-state index is 0. The smallest absolute Gasteiger partial charge is 0.423 e. The summed E-state index contributed by atoms with van der Waals surface area (Å²) in [5, 5.41) is 17.2.